The van der Waals surface area contributed by atoms with Crippen LogP contribution >= 0.6 is 0 Å². The average Bonchev–Trinajstić information content (AvgIpc) is 3.18. The van der Waals surface area contributed by atoms with Gasteiger partial charge in [0, 0.05) is 11.8 Å². The van der Waals surface area contributed by atoms with Crippen LogP contribution in [-0.2, 0) is 6.61 Å². The predicted molar refractivity (Wildman–Crippen MR) is 72.9 cm³/mol. The van der Waals surface area contributed by atoms with Crippen LogP contribution in [0.2, 0.25) is 0 Å². The van der Waals surface area contributed by atoms with Gasteiger partial charge < -0.3 is 13.6 Å². The Morgan fingerprint density at radius 1 is 1.29 bits per heavy atom. The molecule has 0 atom stereocenters. The topological polar surface area (TPSA) is 78.4 Å². The third-order valence-corrected chi connectivity index (χ3v) is 2.94. The molecule has 0 aliphatic carbocycles. The third-order valence-electron chi connectivity index (χ3n) is 2.94. The van der Waals surface area contributed by atoms with Gasteiger partial charge in [0.2, 0.25) is 5.89 Å². The summed E-state index contributed by atoms with van der Waals surface area (Å²) in [6, 6.07) is 3.47. The zero-order valence-corrected chi connectivity index (χ0v) is 11.3. The molecule has 3 aromatic heterocycles. The standard InChI is InChI=1S/C15H12N2O4/c1-10-7-17-14(12-3-2-5-19-12)11(8-18)15(10)21-9-13-16-4-6-20-13/h2-8H,9H2,1H3. The van der Waals surface area contributed by atoms with E-state index in [0.29, 0.717) is 34.9 Å². The van der Waals surface area contributed by atoms with E-state index in [4.69, 9.17) is 13.6 Å². The summed E-state index contributed by atoms with van der Waals surface area (Å²) in [5.41, 5.74) is 1.54. The lowest BCUT2D eigenvalue weighted by molar-refractivity contribution is 0.111. The fourth-order valence-corrected chi connectivity index (χ4v) is 1.98. The second-order valence-corrected chi connectivity index (χ2v) is 4.34. The zero-order valence-electron chi connectivity index (χ0n) is 11.3. The molecule has 3 rings (SSSR count). The van der Waals surface area contributed by atoms with E-state index in [9.17, 15) is 4.79 Å². The molecule has 0 spiro atoms. The lowest BCUT2D eigenvalue weighted by atomic mass is 10.1. The third kappa shape index (κ3) is 2.55. The maximum absolute atomic E-state index is 11.5. The molecule has 3 aromatic rings. The first kappa shape index (κ1) is 13.1. The summed E-state index contributed by atoms with van der Waals surface area (Å²) in [5, 5.41) is 0. The maximum atomic E-state index is 11.5. The molecule has 0 amide bonds. The molecule has 0 unspecified atom stereocenters. The molecule has 0 saturated carbocycles. The molecular weight excluding hydrogens is 272 g/mol. The highest BCUT2D eigenvalue weighted by Crippen LogP contribution is 2.31. The molecule has 0 fully saturated rings. The number of furan rings is 1. The lowest BCUT2D eigenvalue weighted by Crippen LogP contribution is -2.03. The highest BCUT2D eigenvalue weighted by molar-refractivity contribution is 5.88. The Labute approximate surface area is 120 Å². The normalized spacial score (nSPS) is 10.5. The van der Waals surface area contributed by atoms with Crippen LogP contribution in [0.3, 0.4) is 0 Å². The summed E-state index contributed by atoms with van der Waals surface area (Å²) in [4.78, 5) is 19.7. The van der Waals surface area contributed by atoms with Gasteiger partial charge in [-0.25, -0.2) is 4.98 Å². The highest BCUT2D eigenvalue weighted by atomic mass is 16.5. The number of aromatic nitrogens is 2. The van der Waals surface area contributed by atoms with Gasteiger partial charge in [-0.05, 0) is 19.1 Å². The summed E-state index contributed by atoms with van der Waals surface area (Å²) < 4.78 is 16.1. The van der Waals surface area contributed by atoms with Crippen molar-refractivity contribution in [1.29, 1.82) is 0 Å². The predicted octanol–water partition coefficient (Wildman–Crippen LogP) is 3.03. The van der Waals surface area contributed by atoms with Crippen LogP contribution < -0.4 is 4.74 Å². The van der Waals surface area contributed by atoms with Gasteiger partial charge in [0.15, 0.2) is 18.7 Å². The average molecular weight is 284 g/mol. The number of pyridine rings is 1. The number of carbonyl (C=O) groups excluding carboxylic acids is 1. The molecule has 0 aliphatic heterocycles. The number of carbonyl (C=O) groups is 1. The van der Waals surface area contributed by atoms with Crippen molar-refractivity contribution in [3.05, 3.63) is 54.1 Å². The summed E-state index contributed by atoms with van der Waals surface area (Å²) in [7, 11) is 0. The molecule has 106 valence electrons. The van der Waals surface area contributed by atoms with Crippen molar-refractivity contribution < 1.29 is 18.4 Å². The number of ether oxygens (including phenoxy) is 1. The smallest absolute Gasteiger partial charge is 0.232 e. The number of rotatable bonds is 5. The van der Waals surface area contributed by atoms with E-state index in [1.807, 2.05) is 6.92 Å². The molecule has 0 saturated heterocycles. The first-order chi connectivity index (χ1) is 10.3. The van der Waals surface area contributed by atoms with E-state index in [1.165, 1.54) is 18.7 Å². The first-order valence-corrected chi connectivity index (χ1v) is 6.29. The number of nitrogens with zero attached hydrogens (tertiary/aromatic N) is 2. The quantitative estimate of drug-likeness (QED) is 0.670. The van der Waals surface area contributed by atoms with Gasteiger partial charge in [-0.15, -0.1) is 0 Å². The van der Waals surface area contributed by atoms with Gasteiger partial charge in [-0.1, -0.05) is 0 Å². The van der Waals surface area contributed by atoms with Crippen molar-refractivity contribution in [3.8, 4) is 17.2 Å². The molecule has 0 aliphatic rings. The molecule has 6 nitrogen and oxygen atoms in total. The van der Waals surface area contributed by atoms with Crippen molar-refractivity contribution in [3.63, 3.8) is 0 Å². The molecule has 0 bridgehead atoms. The summed E-state index contributed by atoms with van der Waals surface area (Å²) in [6.07, 6.45) is 6.87. The molecule has 3 heterocycles. The van der Waals surface area contributed by atoms with Crippen LogP contribution in [0.15, 0.2) is 45.9 Å². The van der Waals surface area contributed by atoms with E-state index in [2.05, 4.69) is 9.97 Å². The molecule has 21 heavy (non-hydrogen) atoms. The van der Waals surface area contributed by atoms with Crippen molar-refractivity contribution >= 4 is 6.29 Å². The Kier molecular flexibility index (Phi) is 3.51. The number of aryl methyl sites for hydroxylation is 1. The zero-order chi connectivity index (χ0) is 14.7. The van der Waals surface area contributed by atoms with E-state index in [-0.39, 0.29) is 6.61 Å². The lowest BCUT2D eigenvalue weighted by Gasteiger charge is -2.11. The van der Waals surface area contributed by atoms with E-state index in [0.717, 1.165) is 5.56 Å². The summed E-state index contributed by atoms with van der Waals surface area (Å²) in [5.74, 6) is 1.39. The molecular formula is C15H12N2O4. The minimum Gasteiger partial charge on any atom is -0.483 e. The van der Waals surface area contributed by atoms with Crippen LogP contribution in [-0.4, -0.2) is 16.3 Å². The largest absolute Gasteiger partial charge is 0.483 e. The van der Waals surface area contributed by atoms with Crippen LogP contribution in [0.25, 0.3) is 11.5 Å². The minimum atomic E-state index is 0.135. The van der Waals surface area contributed by atoms with Crippen LogP contribution in [0.4, 0.5) is 0 Å². The van der Waals surface area contributed by atoms with Crippen molar-refractivity contribution in [2.75, 3.05) is 0 Å². The molecule has 0 radical (unpaired) electrons. The summed E-state index contributed by atoms with van der Waals surface area (Å²) in [6.45, 7) is 1.95. The number of hydrogen-bond acceptors (Lipinski definition) is 6. The second kappa shape index (κ2) is 5.62. The van der Waals surface area contributed by atoms with Gasteiger partial charge in [0.05, 0.1) is 18.0 Å². The fraction of sp³-hybridized carbons (Fsp3) is 0.133. The van der Waals surface area contributed by atoms with E-state index in [1.54, 1.807) is 18.3 Å². The van der Waals surface area contributed by atoms with Crippen molar-refractivity contribution in [2.45, 2.75) is 13.5 Å². The molecule has 0 N–H and O–H groups in total. The van der Waals surface area contributed by atoms with Gasteiger partial charge in [0.1, 0.15) is 17.7 Å². The Hall–Kier alpha value is -2.89. The van der Waals surface area contributed by atoms with Crippen molar-refractivity contribution in [2.24, 2.45) is 0 Å². The van der Waals surface area contributed by atoms with Gasteiger partial charge in [-0.2, -0.15) is 0 Å². The number of oxazole rings is 1. The SMILES string of the molecule is Cc1cnc(-c2ccco2)c(C=O)c1OCc1ncco1. The molecule has 0 aromatic carbocycles. The van der Waals surface area contributed by atoms with E-state index >= 15 is 0 Å². The Morgan fingerprint density at radius 3 is 2.86 bits per heavy atom. The van der Waals surface area contributed by atoms with Crippen LogP contribution in [0, 0.1) is 6.92 Å². The Morgan fingerprint density at radius 2 is 2.19 bits per heavy atom. The van der Waals surface area contributed by atoms with Crippen LogP contribution in [0.5, 0.6) is 5.75 Å². The number of aldehydes is 1. The van der Waals surface area contributed by atoms with E-state index < -0.39 is 0 Å². The highest BCUT2D eigenvalue weighted by Gasteiger charge is 2.17. The minimum absolute atomic E-state index is 0.135. The Balaban J connectivity index is 1.98. The monoisotopic (exact) mass is 284 g/mol. The van der Waals surface area contributed by atoms with Crippen LogP contribution in [0.1, 0.15) is 21.8 Å². The second-order valence-electron chi connectivity index (χ2n) is 4.34. The van der Waals surface area contributed by atoms with Crippen molar-refractivity contribution in [1.82, 2.24) is 9.97 Å². The summed E-state index contributed by atoms with van der Waals surface area (Å²) >= 11 is 0. The van der Waals surface area contributed by atoms with Gasteiger partial charge >= 0.3 is 0 Å². The fourth-order valence-electron chi connectivity index (χ4n) is 1.98. The maximum Gasteiger partial charge on any atom is 0.232 e. The number of hydrogen-bond donors (Lipinski definition) is 0. The van der Waals surface area contributed by atoms with Gasteiger partial charge in [0.25, 0.3) is 0 Å². The first-order valence-electron chi connectivity index (χ1n) is 6.29. The Bertz CT molecular complexity index is 733. The van der Waals surface area contributed by atoms with Gasteiger partial charge in [-0.3, -0.25) is 9.78 Å². The molecule has 6 heteroatoms.